The zero-order valence-electron chi connectivity index (χ0n) is 18.0. The second-order valence-electron chi connectivity index (χ2n) is 7.56. The quantitative estimate of drug-likeness (QED) is 0.157. The highest BCUT2D eigenvalue weighted by molar-refractivity contribution is 5.91. The summed E-state index contributed by atoms with van der Waals surface area (Å²) in [7, 11) is 0. The molecule has 0 aromatic rings. The number of hydrogen-bond donors (Lipinski definition) is 0. The number of carbonyl (C=O) groups is 2. The molecule has 0 aliphatic heterocycles. The molecule has 0 fully saturated rings. The summed E-state index contributed by atoms with van der Waals surface area (Å²) < 4.78 is 10.2. The summed E-state index contributed by atoms with van der Waals surface area (Å²) in [5.74, 6) is -0.606. The molecule has 0 aromatic carbocycles. The Kier molecular flexibility index (Phi) is 18.5. The standard InChI is InChI=1S/C23H42O4/c1-4-6-7-8-9-10-11-12-13-14-15-19-26-22(24)17-18-23(25)27-20-21(3)16-5-2/h17-18,21H,4-16,19-20H2,1-3H3/b18-17+. The summed E-state index contributed by atoms with van der Waals surface area (Å²) in [5.41, 5.74) is 0. The van der Waals surface area contributed by atoms with E-state index in [0.717, 1.165) is 37.8 Å². The first-order valence-electron chi connectivity index (χ1n) is 11.1. The van der Waals surface area contributed by atoms with Crippen molar-refractivity contribution in [3.05, 3.63) is 12.2 Å². The van der Waals surface area contributed by atoms with E-state index in [2.05, 4.69) is 13.8 Å². The third-order valence-electron chi connectivity index (χ3n) is 4.64. The number of ether oxygens (including phenoxy) is 2. The van der Waals surface area contributed by atoms with E-state index in [-0.39, 0.29) is 0 Å². The van der Waals surface area contributed by atoms with E-state index in [9.17, 15) is 9.59 Å². The van der Waals surface area contributed by atoms with Gasteiger partial charge in [-0.25, -0.2) is 9.59 Å². The van der Waals surface area contributed by atoms with E-state index < -0.39 is 11.9 Å². The van der Waals surface area contributed by atoms with Gasteiger partial charge in [0.2, 0.25) is 0 Å². The first kappa shape index (κ1) is 25.7. The monoisotopic (exact) mass is 382 g/mol. The van der Waals surface area contributed by atoms with E-state index in [0.29, 0.717) is 19.1 Å². The molecule has 0 saturated heterocycles. The molecule has 0 aromatic heterocycles. The first-order valence-corrected chi connectivity index (χ1v) is 11.1. The Balaban J connectivity index is 3.46. The van der Waals surface area contributed by atoms with Crippen LogP contribution in [0.25, 0.3) is 0 Å². The van der Waals surface area contributed by atoms with Crippen molar-refractivity contribution in [2.45, 2.75) is 104 Å². The lowest BCUT2D eigenvalue weighted by atomic mass is 10.1. The SMILES string of the molecule is CCCCCCCCCCCCCOC(=O)/C=C/C(=O)OCC(C)CCC. The molecule has 27 heavy (non-hydrogen) atoms. The maximum absolute atomic E-state index is 11.6. The summed E-state index contributed by atoms with van der Waals surface area (Å²) in [6.45, 7) is 7.21. The van der Waals surface area contributed by atoms with Gasteiger partial charge in [0.25, 0.3) is 0 Å². The van der Waals surface area contributed by atoms with Crippen molar-refractivity contribution in [1.82, 2.24) is 0 Å². The molecule has 0 saturated carbocycles. The average molecular weight is 383 g/mol. The summed E-state index contributed by atoms with van der Waals surface area (Å²) >= 11 is 0. The zero-order chi connectivity index (χ0) is 20.2. The van der Waals surface area contributed by atoms with Crippen LogP contribution >= 0.6 is 0 Å². The van der Waals surface area contributed by atoms with Gasteiger partial charge in [-0.3, -0.25) is 0 Å². The number of rotatable bonds is 18. The minimum atomic E-state index is -0.482. The highest BCUT2D eigenvalue weighted by atomic mass is 16.5. The Labute approximate surface area is 167 Å². The van der Waals surface area contributed by atoms with Crippen LogP contribution in [0.15, 0.2) is 12.2 Å². The van der Waals surface area contributed by atoms with Gasteiger partial charge in [0.15, 0.2) is 0 Å². The third-order valence-corrected chi connectivity index (χ3v) is 4.64. The average Bonchev–Trinajstić information content (AvgIpc) is 2.65. The van der Waals surface area contributed by atoms with Crippen LogP contribution in [-0.4, -0.2) is 25.2 Å². The fourth-order valence-corrected chi connectivity index (χ4v) is 2.97. The van der Waals surface area contributed by atoms with Gasteiger partial charge < -0.3 is 9.47 Å². The zero-order valence-corrected chi connectivity index (χ0v) is 18.0. The van der Waals surface area contributed by atoms with E-state index in [1.807, 2.05) is 6.92 Å². The van der Waals surface area contributed by atoms with Crippen LogP contribution in [0, 0.1) is 5.92 Å². The van der Waals surface area contributed by atoms with Gasteiger partial charge >= 0.3 is 11.9 Å². The van der Waals surface area contributed by atoms with Crippen LogP contribution in [0.1, 0.15) is 104 Å². The molecular weight excluding hydrogens is 340 g/mol. The molecule has 0 spiro atoms. The predicted octanol–water partition coefficient (Wildman–Crippen LogP) is 6.38. The molecule has 0 N–H and O–H groups in total. The molecule has 1 atom stereocenters. The highest BCUT2D eigenvalue weighted by Gasteiger charge is 2.05. The lowest BCUT2D eigenvalue weighted by Gasteiger charge is -2.09. The Hall–Kier alpha value is -1.32. The van der Waals surface area contributed by atoms with Crippen LogP contribution in [0.4, 0.5) is 0 Å². The van der Waals surface area contributed by atoms with Gasteiger partial charge in [-0.15, -0.1) is 0 Å². The maximum atomic E-state index is 11.6. The van der Waals surface area contributed by atoms with Crippen molar-refractivity contribution < 1.29 is 19.1 Å². The van der Waals surface area contributed by atoms with Crippen LogP contribution < -0.4 is 0 Å². The van der Waals surface area contributed by atoms with Gasteiger partial charge in [-0.2, -0.15) is 0 Å². The first-order chi connectivity index (χ1) is 13.1. The fraction of sp³-hybridized carbons (Fsp3) is 0.826. The summed E-state index contributed by atoms with van der Waals surface area (Å²) in [6, 6.07) is 0. The third kappa shape index (κ3) is 19.3. The fourth-order valence-electron chi connectivity index (χ4n) is 2.97. The summed E-state index contributed by atoms with van der Waals surface area (Å²) in [6.07, 6.45) is 18.3. The topological polar surface area (TPSA) is 52.6 Å². The van der Waals surface area contributed by atoms with E-state index in [1.165, 1.54) is 57.8 Å². The molecule has 4 heteroatoms. The van der Waals surface area contributed by atoms with E-state index in [1.54, 1.807) is 0 Å². The van der Waals surface area contributed by atoms with Gasteiger partial charge in [-0.05, 0) is 18.8 Å². The Morgan fingerprint density at radius 2 is 1.19 bits per heavy atom. The second kappa shape index (κ2) is 19.4. The lowest BCUT2D eigenvalue weighted by molar-refractivity contribution is -0.141. The number of unbranched alkanes of at least 4 members (excludes halogenated alkanes) is 10. The molecule has 0 aliphatic rings. The van der Waals surface area contributed by atoms with Crippen molar-refractivity contribution >= 4 is 11.9 Å². The minimum absolute atomic E-state index is 0.348. The van der Waals surface area contributed by atoms with Gasteiger partial charge in [0.05, 0.1) is 13.2 Å². The van der Waals surface area contributed by atoms with Crippen LogP contribution in [-0.2, 0) is 19.1 Å². The summed E-state index contributed by atoms with van der Waals surface area (Å²) in [4.78, 5) is 23.1. The largest absolute Gasteiger partial charge is 0.463 e. The van der Waals surface area contributed by atoms with Crippen LogP contribution in [0.3, 0.4) is 0 Å². The van der Waals surface area contributed by atoms with Crippen molar-refractivity contribution in [3.8, 4) is 0 Å². The molecule has 0 heterocycles. The molecule has 0 bridgehead atoms. The second-order valence-corrected chi connectivity index (χ2v) is 7.56. The molecule has 0 rings (SSSR count). The van der Waals surface area contributed by atoms with Crippen molar-refractivity contribution in [1.29, 1.82) is 0 Å². The summed E-state index contributed by atoms with van der Waals surface area (Å²) in [5, 5.41) is 0. The minimum Gasteiger partial charge on any atom is -0.463 e. The molecule has 0 amide bonds. The Morgan fingerprint density at radius 3 is 1.70 bits per heavy atom. The van der Waals surface area contributed by atoms with Crippen molar-refractivity contribution in [2.24, 2.45) is 5.92 Å². The Morgan fingerprint density at radius 1 is 0.704 bits per heavy atom. The van der Waals surface area contributed by atoms with Crippen LogP contribution in [0.2, 0.25) is 0 Å². The molecule has 0 radical (unpaired) electrons. The lowest BCUT2D eigenvalue weighted by Crippen LogP contribution is -2.10. The van der Waals surface area contributed by atoms with E-state index >= 15 is 0 Å². The Bertz CT molecular complexity index is 390. The number of carbonyl (C=O) groups excluding carboxylic acids is 2. The molecular formula is C23H42O4. The predicted molar refractivity (Wildman–Crippen MR) is 112 cm³/mol. The molecule has 158 valence electrons. The van der Waals surface area contributed by atoms with Gasteiger partial charge in [0, 0.05) is 12.2 Å². The van der Waals surface area contributed by atoms with Crippen LogP contribution in [0.5, 0.6) is 0 Å². The maximum Gasteiger partial charge on any atom is 0.331 e. The van der Waals surface area contributed by atoms with Crippen molar-refractivity contribution in [2.75, 3.05) is 13.2 Å². The molecule has 4 nitrogen and oxygen atoms in total. The highest BCUT2D eigenvalue weighted by Crippen LogP contribution is 2.11. The molecule has 1 unspecified atom stereocenters. The smallest absolute Gasteiger partial charge is 0.331 e. The number of esters is 2. The number of hydrogen-bond acceptors (Lipinski definition) is 4. The van der Waals surface area contributed by atoms with Gasteiger partial charge in [0.1, 0.15) is 0 Å². The van der Waals surface area contributed by atoms with Crippen molar-refractivity contribution in [3.63, 3.8) is 0 Å². The van der Waals surface area contributed by atoms with Gasteiger partial charge in [-0.1, -0.05) is 91.4 Å². The van der Waals surface area contributed by atoms with E-state index in [4.69, 9.17) is 9.47 Å². The normalized spacial score (nSPS) is 12.3. The molecule has 0 aliphatic carbocycles.